The highest BCUT2D eigenvalue weighted by Crippen LogP contribution is 2.35. The number of benzene rings is 1. The molecule has 0 spiro atoms. The highest BCUT2D eigenvalue weighted by molar-refractivity contribution is 7.20. The summed E-state index contributed by atoms with van der Waals surface area (Å²) in [6.07, 6.45) is 3.16. The van der Waals surface area contributed by atoms with Gasteiger partial charge in [-0.25, -0.2) is 4.79 Å². The van der Waals surface area contributed by atoms with Crippen LogP contribution in [0.4, 0.5) is 9.80 Å². The van der Waals surface area contributed by atoms with Crippen LogP contribution in [0.25, 0.3) is 10.4 Å². The van der Waals surface area contributed by atoms with Gasteiger partial charge < -0.3 is 16.4 Å². The predicted molar refractivity (Wildman–Crippen MR) is 106 cm³/mol. The summed E-state index contributed by atoms with van der Waals surface area (Å²) in [6.45, 7) is 3.77. The molecule has 1 saturated heterocycles. The summed E-state index contributed by atoms with van der Waals surface area (Å²) in [6, 6.07) is 9.29. The Hall–Kier alpha value is -2.38. The second-order valence-electron chi connectivity index (χ2n) is 6.58. The molecule has 3 rings (SSSR count). The number of urea groups is 1. The molecule has 1 aromatic carbocycles. The molecule has 7 heteroatoms. The van der Waals surface area contributed by atoms with Crippen LogP contribution in [-0.4, -0.2) is 31.1 Å². The molecule has 6 nitrogen and oxygen atoms in total. The number of rotatable bonds is 4. The van der Waals surface area contributed by atoms with Gasteiger partial charge in [0.05, 0.1) is 5.56 Å². The van der Waals surface area contributed by atoms with Gasteiger partial charge in [0.15, 0.2) is 0 Å². The van der Waals surface area contributed by atoms with Gasteiger partial charge in [0.2, 0.25) is 0 Å². The zero-order valence-electron chi connectivity index (χ0n) is 14.8. The maximum atomic E-state index is 12.8. The van der Waals surface area contributed by atoms with Crippen molar-refractivity contribution in [2.45, 2.75) is 32.2 Å². The molecule has 1 aromatic heterocycles. The number of nitrogens with one attached hydrogen (secondary N) is 3. The molecular weight excluding hydrogens is 348 g/mol. The van der Waals surface area contributed by atoms with E-state index in [0.717, 1.165) is 42.8 Å². The summed E-state index contributed by atoms with van der Waals surface area (Å²) in [5.74, 6) is -0.183. The van der Waals surface area contributed by atoms with E-state index in [1.54, 1.807) is 0 Å². The lowest BCUT2D eigenvalue weighted by atomic mass is 10.1. The van der Waals surface area contributed by atoms with Crippen molar-refractivity contribution in [1.29, 1.82) is 0 Å². The van der Waals surface area contributed by atoms with Gasteiger partial charge >= 0.3 is 6.03 Å². The predicted octanol–water partition coefficient (Wildman–Crippen LogP) is 3.09. The fourth-order valence-electron chi connectivity index (χ4n) is 3.03. The quantitative estimate of drug-likeness (QED) is 0.664. The van der Waals surface area contributed by atoms with Gasteiger partial charge in [-0.3, -0.25) is 10.1 Å². The first-order valence-corrected chi connectivity index (χ1v) is 9.63. The summed E-state index contributed by atoms with van der Waals surface area (Å²) in [5.41, 5.74) is 7.90. The molecule has 0 unspecified atom stereocenters. The van der Waals surface area contributed by atoms with E-state index in [-0.39, 0.29) is 11.9 Å². The van der Waals surface area contributed by atoms with Crippen LogP contribution in [0.5, 0.6) is 0 Å². The summed E-state index contributed by atoms with van der Waals surface area (Å²) in [4.78, 5) is 25.1. The first-order chi connectivity index (χ1) is 12.5. The van der Waals surface area contributed by atoms with Crippen molar-refractivity contribution in [3.63, 3.8) is 0 Å². The van der Waals surface area contributed by atoms with Gasteiger partial charge in [0.25, 0.3) is 5.91 Å². The molecule has 2 heterocycles. The molecule has 1 fully saturated rings. The molecule has 138 valence electrons. The Labute approximate surface area is 157 Å². The van der Waals surface area contributed by atoms with E-state index in [4.69, 9.17) is 5.73 Å². The van der Waals surface area contributed by atoms with Gasteiger partial charge in [-0.2, -0.15) is 0 Å². The van der Waals surface area contributed by atoms with Crippen molar-refractivity contribution < 1.29 is 9.59 Å². The van der Waals surface area contributed by atoms with Crippen LogP contribution >= 0.6 is 11.3 Å². The highest BCUT2D eigenvalue weighted by atomic mass is 32.1. The number of primary amides is 1. The molecule has 0 saturated carbocycles. The molecule has 1 aliphatic heterocycles. The third-order valence-corrected chi connectivity index (χ3v) is 5.53. The van der Waals surface area contributed by atoms with E-state index in [1.807, 2.05) is 37.3 Å². The Balaban J connectivity index is 1.84. The molecule has 2 aromatic rings. The molecular formula is C19H24N4O2S. The van der Waals surface area contributed by atoms with E-state index in [1.165, 1.54) is 16.9 Å². The van der Waals surface area contributed by atoms with Gasteiger partial charge in [0.1, 0.15) is 5.00 Å². The number of aryl methyl sites for hydroxylation is 1. The second-order valence-corrected chi connectivity index (χ2v) is 7.63. The van der Waals surface area contributed by atoms with Crippen LogP contribution in [-0.2, 0) is 0 Å². The number of hydrogen-bond donors (Lipinski definition) is 4. The Bertz CT molecular complexity index is 777. The van der Waals surface area contributed by atoms with Crippen molar-refractivity contribution in [3.8, 4) is 10.4 Å². The molecule has 26 heavy (non-hydrogen) atoms. The molecule has 0 bridgehead atoms. The third kappa shape index (κ3) is 4.62. The summed E-state index contributed by atoms with van der Waals surface area (Å²) < 4.78 is 0. The monoisotopic (exact) mass is 372 g/mol. The first-order valence-electron chi connectivity index (χ1n) is 8.82. The minimum Gasteiger partial charge on any atom is -0.351 e. The van der Waals surface area contributed by atoms with Crippen molar-refractivity contribution in [3.05, 3.63) is 41.5 Å². The first kappa shape index (κ1) is 18.4. The van der Waals surface area contributed by atoms with E-state index < -0.39 is 6.03 Å². The minimum atomic E-state index is -0.674. The van der Waals surface area contributed by atoms with Crippen LogP contribution in [0, 0.1) is 6.92 Å². The number of carbonyl (C=O) groups is 2. The number of hydrogen-bond acceptors (Lipinski definition) is 4. The SMILES string of the molecule is Cc1ccc(-c2cc(C(=O)N[C@H]3CCCCNC3)c(NC(N)=O)s2)cc1. The van der Waals surface area contributed by atoms with E-state index >= 15 is 0 Å². The van der Waals surface area contributed by atoms with E-state index in [0.29, 0.717) is 10.6 Å². The Morgan fingerprint density at radius 3 is 2.73 bits per heavy atom. The number of thiophene rings is 1. The maximum Gasteiger partial charge on any atom is 0.317 e. The molecule has 1 aliphatic rings. The lowest BCUT2D eigenvalue weighted by Crippen LogP contribution is -2.41. The van der Waals surface area contributed by atoms with Crippen LogP contribution in [0.15, 0.2) is 30.3 Å². The normalized spacial score (nSPS) is 17.3. The number of nitrogens with two attached hydrogens (primary N) is 1. The fourth-order valence-corrected chi connectivity index (χ4v) is 4.09. The third-order valence-electron chi connectivity index (χ3n) is 4.43. The van der Waals surface area contributed by atoms with Gasteiger partial charge in [-0.05, 0) is 37.9 Å². The molecule has 5 N–H and O–H groups in total. The summed E-state index contributed by atoms with van der Waals surface area (Å²) in [7, 11) is 0. The minimum absolute atomic E-state index is 0.0918. The van der Waals surface area contributed by atoms with Crippen LogP contribution in [0.1, 0.15) is 35.2 Å². The fraction of sp³-hybridized carbons (Fsp3) is 0.368. The second kappa shape index (κ2) is 8.33. The average molecular weight is 372 g/mol. The molecule has 3 amide bonds. The molecule has 0 aliphatic carbocycles. The number of carbonyl (C=O) groups excluding carboxylic acids is 2. The maximum absolute atomic E-state index is 12.8. The Morgan fingerprint density at radius 2 is 2.00 bits per heavy atom. The Kier molecular flexibility index (Phi) is 5.90. The van der Waals surface area contributed by atoms with Gasteiger partial charge in [-0.15, -0.1) is 11.3 Å². The smallest absolute Gasteiger partial charge is 0.317 e. The lowest BCUT2D eigenvalue weighted by Gasteiger charge is -2.16. The van der Waals surface area contributed by atoms with Crippen LogP contribution < -0.4 is 21.7 Å². The zero-order chi connectivity index (χ0) is 18.5. The summed E-state index contributed by atoms with van der Waals surface area (Å²) in [5, 5.41) is 9.48. The van der Waals surface area contributed by atoms with Crippen molar-refractivity contribution in [2.75, 3.05) is 18.4 Å². The van der Waals surface area contributed by atoms with Crippen LogP contribution in [0.2, 0.25) is 0 Å². The van der Waals surface area contributed by atoms with Crippen LogP contribution in [0.3, 0.4) is 0 Å². The Morgan fingerprint density at radius 1 is 1.23 bits per heavy atom. The summed E-state index contributed by atoms with van der Waals surface area (Å²) >= 11 is 1.35. The lowest BCUT2D eigenvalue weighted by molar-refractivity contribution is 0.0937. The molecule has 0 radical (unpaired) electrons. The largest absolute Gasteiger partial charge is 0.351 e. The van der Waals surface area contributed by atoms with Crippen molar-refractivity contribution in [1.82, 2.24) is 10.6 Å². The average Bonchev–Trinajstić information content (AvgIpc) is 2.84. The van der Waals surface area contributed by atoms with E-state index in [2.05, 4.69) is 16.0 Å². The van der Waals surface area contributed by atoms with Crippen molar-refractivity contribution in [2.24, 2.45) is 5.73 Å². The zero-order valence-corrected chi connectivity index (χ0v) is 15.6. The highest BCUT2D eigenvalue weighted by Gasteiger charge is 2.21. The number of anilines is 1. The topological polar surface area (TPSA) is 96.2 Å². The van der Waals surface area contributed by atoms with E-state index in [9.17, 15) is 9.59 Å². The van der Waals surface area contributed by atoms with Gasteiger partial charge in [0, 0.05) is 17.5 Å². The van der Waals surface area contributed by atoms with Crippen molar-refractivity contribution >= 4 is 28.3 Å². The number of amides is 3. The standard InChI is InChI=1S/C19H24N4O2S/c1-12-5-7-13(8-6-12)16-10-15(18(26-16)23-19(20)25)17(24)22-14-4-2-3-9-21-11-14/h5-8,10,14,21H,2-4,9,11H2,1H3,(H,22,24)(H3,20,23,25)/t14-/m0/s1. The van der Waals surface area contributed by atoms with Gasteiger partial charge in [-0.1, -0.05) is 36.2 Å². The molecule has 1 atom stereocenters.